The molecule has 20 heavy (non-hydrogen) atoms. The summed E-state index contributed by atoms with van der Waals surface area (Å²) < 4.78 is 26.4. The molecule has 0 atom stereocenters. The number of nitrogens with two attached hydrogens (primary N) is 1. The van der Waals surface area contributed by atoms with E-state index < -0.39 is 17.5 Å². The molecule has 4 nitrogen and oxygen atoms in total. The Hall–Kier alpha value is -2.47. The third kappa shape index (κ3) is 3.10. The van der Waals surface area contributed by atoms with E-state index in [-0.39, 0.29) is 12.1 Å². The van der Waals surface area contributed by atoms with Crippen LogP contribution in [0.1, 0.15) is 15.9 Å². The van der Waals surface area contributed by atoms with Crippen LogP contribution >= 0.6 is 0 Å². The minimum Gasteiger partial charge on any atom is -0.348 e. The van der Waals surface area contributed by atoms with Crippen molar-refractivity contribution in [1.82, 2.24) is 5.32 Å². The number of nitrogen functional groups attached to an aromatic ring is 1. The minimum absolute atomic E-state index is 0.0801. The Morgan fingerprint density at radius 3 is 2.65 bits per heavy atom. The second-order valence-electron chi connectivity index (χ2n) is 4.11. The van der Waals surface area contributed by atoms with Crippen LogP contribution in [-0.4, -0.2) is 5.91 Å². The molecule has 1 amide bonds. The molecule has 0 bridgehead atoms. The lowest BCUT2D eigenvalue weighted by molar-refractivity contribution is 0.0951. The molecule has 0 unspecified atom stereocenters. The average Bonchev–Trinajstić information content (AvgIpc) is 2.47. The molecule has 0 aliphatic heterocycles. The molecule has 0 saturated carbocycles. The summed E-state index contributed by atoms with van der Waals surface area (Å²) in [6, 6.07) is 9.70. The lowest BCUT2D eigenvalue weighted by atomic mass is 10.1. The molecule has 0 aromatic heterocycles. The fraction of sp³-hybridized carbons (Fsp3) is 0.0714. The van der Waals surface area contributed by atoms with Crippen LogP contribution in [0.25, 0.3) is 0 Å². The van der Waals surface area contributed by atoms with Crippen LogP contribution in [0, 0.1) is 11.6 Å². The van der Waals surface area contributed by atoms with Crippen LogP contribution in [0.2, 0.25) is 0 Å². The van der Waals surface area contributed by atoms with Crippen LogP contribution in [0.5, 0.6) is 0 Å². The van der Waals surface area contributed by atoms with E-state index in [4.69, 9.17) is 5.84 Å². The maximum atomic E-state index is 13.4. The Balaban J connectivity index is 2.11. The van der Waals surface area contributed by atoms with Crippen LogP contribution in [0.4, 0.5) is 14.5 Å². The summed E-state index contributed by atoms with van der Waals surface area (Å²) in [7, 11) is 0. The number of hydrogen-bond donors (Lipinski definition) is 3. The molecular formula is C14H13F2N3O. The van der Waals surface area contributed by atoms with Gasteiger partial charge in [-0.15, -0.1) is 0 Å². The topological polar surface area (TPSA) is 67.1 Å². The fourth-order valence-corrected chi connectivity index (χ4v) is 1.76. The van der Waals surface area contributed by atoms with Gasteiger partial charge in [-0.3, -0.25) is 10.6 Å². The Kier molecular flexibility index (Phi) is 4.27. The molecule has 2 aromatic rings. The zero-order valence-corrected chi connectivity index (χ0v) is 10.5. The van der Waals surface area contributed by atoms with Gasteiger partial charge in [0.2, 0.25) is 0 Å². The van der Waals surface area contributed by atoms with Crippen molar-refractivity contribution in [3.8, 4) is 0 Å². The van der Waals surface area contributed by atoms with Crippen molar-refractivity contribution in [1.29, 1.82) is 0 Å². The Morgan fingerprint density at radius 2 is 1.90 bits per heavy atom. The largest absolute Gasteiger partial charge is 0.348 e. The third-order valence-corrected chi connectivity index (χ3v) is 2.77. The van der Waals surface area contributed by atoms with Crippen LogP contribution in [0.3, 0.4) is 0 Å². The predicted molar refractivity (Wildman–Crippen MR) is 71.8 cm³/mol. The Bertz CT molecular complexity index is 632. The average molecular weight is 277 g/mol. The molecule has 4 N–H and O–H groups in total. The molecule has 0 aliphatic rings. The highest BCUT2D eigenvalue weighted by atomic mass is 19.1. The van der Waals surface area contributed by atoms with E-state index in [2.05, 4.69) is 10.7 Å². The van der Waals surface area contributed by atoms with Gasteiger partial charge in [-0.1, -0.05) is 12.1 Å². The first-order chi connectivity index (χ1) is 9.61. The minimum atomic E-state index is -0.572. The van der Waals surface area contributed by atoms with Gasteiger partial charge in [-0.2, -0.15) is 0 Å². The summed E-state index contributed by atoms with van der Waals surface area (Å²) in [4.78, 5) is 12.0. The van der Waals surface area contributed by atoms with Gasteiger partial charge in [0.1, 0.15) is 11.6 Å². The molecule has 0 fully saturated rings. The second-order valence-corrected chi connectivity index (χ2v) is 4.11. The van der Waals surface area contributed by atoms with Gasteiger partial charge < -0.3 is 10.7 Å². The van der Waals surface area contributed by atoms with Crippen LogP contribution in [-0.2, 0) is 6.54 Å². The van der Waals surface area contributed by atoms with Crippen molar-refractivity contribution in [3.63, 3.8) is 0 Å². The predicted octanol–water partition coefficient (Wildman–Crippen LogP) is 2.18. The van der Waals surface area contributed by atoms with E-state index in [1.807, 2.05) is 0 Å². The van der Waals surface area contributed by atoms with E-state index in [1.54, 1.807) is 24.3 Å². The Morgan fingerprint density at radius 1 is 1.15 bits per heavy atom. The SMILES string of the molecule is NNc1ccccc1C(=O)NCc1cc(F)ccc1F. The molecule has 0 saturated heterocycles. The number of anilines is 1. The number of nitrogens with one attached hydrogen (secondary N) is 2. The number of amides is 1. The first-order valence-electron chi connectivity index (χ1n) is 5.89. The summed E-state index contributed by atoms with van der Waals surface area (Å²) in [5.74, 6) is 3.74. The summed E-state index contributed by atoms with van der Waals surface area (Å²) >= 11 is 0. The number of para-hydroxylation sites is 1. The normalized spacial score (nSPS) is 10.2. The van der Waals surface area contributed by atoms with Crippen LogP contribution in [0.15, 0.2) is 42.5 Å². The number of hydrazine groups is 1. The molecular weight excluding hydrogens is 264 g/mol. The number of carbonyl (C=O) groups is 1. The number of carbonyl (C=O) groups excluding carboxylic acids is 1. The highest BCUT2D eigenvalue weighted by Crippen LogP contribution is 2.14. The number of benzene rings is 2. The van der Waals surface area contributed by atoms with Gasteiger partial charge >= 0.3 is 0 Å². The summed E-state index contributed by atoms with van der Waals surface area (Å²) in [6.07, 6.45) is 0. The zero-order chi connectivity index (χ0) is 14.5. The summed E-state index contributed by atoms with van der Waals surface area (Å²) in [5, 5.41) is 2.52. The smallest absolute Gasteiger partial charge is 0.253 e. The summed E-state index contributed by atoms with van der Waals surface area (Å²) in [6.45, 7) is -0.110. The van der Waals surface area contributed by atoms with Gasteiger partial charge in [0.25, 0.3) is 5.91 Å². The maximum Gasteiger partial charge on any atom is 0.253 e. The molecule has 0 aliphatic carbocycles. The summed E-state index contributed by atoms with van der Waals surface area (Å²) in [5.41, 5.74) is 3.25. The third-order valence-electron chi connectivity index (χ3n) is 2.77. The lowest BCUT2D eigenvalue weighted by Gasteiger charge is -2.10. The van der Waals surface area contributed by atoms with Gasteiger partial charge in [-0.05, 0) is 30.3 Å². The second kappa shape index (κ2) is 6.12. The molecule has 6 heteroatoms. The highest BCUT2D eigenvalue weighted by Gasteiger charge is 2.11. The van der Waals surface area contributed by atoms with E-state index >= 15 is 0 Å². The molecule has 0 radical (unpaired) electrons. The molecule has 0 heterocycles. The fourth-order valence-electron chi connectivity index (χ4n) is 1.76. The quantitative estimate of drug-likeness (QED) is 0.592. The van der Waals surface area contributed by atoms with Crippen molar-refractivity contribution >= 4 is 11.6 Å². The molecule has 2 rings (SSSR count). The van der Waals surface area contributed by atoms with E-state index in [1.165, 1.54) is 0 Å². The van der Waals surface area contributed by atoms with Gasteiger partial charge in [0.15, 0.2) is 0 Å². The van der Waals surface area contributed by atoms with E-state index in [0.717, 1.165) is 18.2 Å². The first kappa shape index (κ1) is 14.0. The first-order valence-corrected chi connectivity index (χ1v) is 5.89. The monoisotopic (exact) mass is 277 g/mol. The maximum absolute atomic E-state index is 13.4. The Labute approximate surface area is 114 Å². The van der Waals surface area contributed by atoms with Gasteiger partial charge in [0.05, 0.1) is 11.3 Å². The van der Waals surface area contributed by atoms with Gasteiger partial charge in [-0.25, -0.2) is 8.78 Å². The standard InChI is InChI=1S/C14H13F2N3O/c15-10-5-6-12(16)9(7-10)8-18-14(20)11-3-1-2-4-13(11)19-17/h1-7,19H,8,17H2,(H,18,20). The molecule has 0 spiro atoms. The van der Waals surface area contributed by atoms with Crippen molar-refractivity contribution < 1.29 is 13.6 Å². The molecule has 104 valence electrons. The van der Waals surface area contributed by atoms with Crippen molar-refractivity contribution in [3.05, 3.63) is 65.2 Å². The van der Waals surface area contributed by atoms with Crippen molar-refractivity contribution in [2.24, 2.45) is 5.84 Å². The zero-order valence-electron chi connectivity index (χ0n) is 10.5. The van der Waals surface area contributed by atoms with E-state index in [0.29, 0.717) is 11.3 Å². The highest BCUT2D eigenvalue weighted by molar-refractivity contribution is 5.99. The van der Waals surface area contributed by atoms with Gasteiger partial charge in [0, 0.05) is 12.1 Å². The van der Waals surface area contributed by atoms with Crippen molar-refractivity contribution in [2.45, 2.75) is 6.54 Å². The van der Waals surface area contributed by atoms with Crippen molar-refractivity contribution in [2.75, 3.05) is 5.43 Å². The molecule has 2 aromatic carbocycles. The number of rotatable bonds is 4. The van der Waals surface area contributed by atoms with Crippen LogP contribution < -0.4 is 16.6 Å². The number of halogens is 2. The number of hydrogen-bond acceptors (Lipinski definition) is 3. The lowest BCUT2D eigenvalue weighted by Crippen LogP contribution is -2.25. The van der Waals surface area contributed by atoms with E-state index in [9.17, 15) is 13.6 Å².